The number of amides is 2. The molecule has 1 aliphatic rings. The highest BCUT2D eigenvalue weighted by atomic mass is 32.2. The fourth-order valence-corrected chi connectivity index (χ4v) is 3.04. The number of carbonyl (C=O) groups is 2. The average molecular weight is 342 g/mol. The first-order valence-electron chi connectivity index (χ1n) is 7.99. The summed E-state index contributed by atoms with van der Waals surface area (Å²) in [5.74, 6) is 0.336. The molecule has 3 N–H and O–H groups in total. The van der Waals surface area contributed by atoms with Crippen molar-refractivity contribution in [2.75, 3.05) is 31.9 Å². The Kier molecular flexibility index (Phi) is 7.34. The van der Waals surface area contributed by atoms with E-state index in [-0.39, 0.29) is 24.1 Å². The third kappa shape index (κ3) is 6.57. The minimum absolute atomic E-state index is 0.0133. The van der Waals surface area contributed by atoms with Crippen LogP contribution < -0.4 is 15.5 Å². The van der Waals surface area contributed by atoms with Crippen molar-refractivity contribution < 1.29 is 18.9 Å². The zero-order valence-electron chi connectivity index (χ0n) is 13.4. The van der Waals surface area contributed by atoms with Crippen molar-refractivity contribution in [3.63, 3.8) is 0 Å². The Balaban J connectivity index is 1.67. The fourth-order valence-electron chi connectivity index (χ4n) is 2.43. The molecule has 9 heteroatoms. The molecule has 0 aliphatic carbocycles. The molecule has 0 bridgehead atoms. The molecule has 2 heterocycles. The van der Waals surface area contributed by atoms with Gasteiger partial charge in [0.2, 0.25) is 11.8 Å². The maximum Gasteiger partial charge on any atom is 0.277 e. The van der Waals surface area contributed by atoms with E-state index >= 15 is 0 Å². The zero-order chi connectivity index (χ0) is 16.5. The molecule has 128 valence electrons. The van der Waals surface area contributed by atoms with Gasteiger partial charge in [-0.3, -0.25) is 9.59 Å². The summed E-state index contributed by atoms with van der Waals surface area (Å²) >= 11 is 1.18. The summed E-state index contributed by atoms with van der Waals surface area (Å²) in [5, 5.41) is 13.5. The Morgan fingerprint density at radius 2 is 1.96 bits per heavy atom. The number of thioether (sulfide) groups is 1. The smallest absolute Gasteiger partial charge is 0.277 e. The van der Waals surface area contributed by atoms with Gasteiger partial charge in [0.1, 0.15) is 0 Å². The van der Waals surface area contributed by atoms with Crippen LogP contribution in [-0.2, 0) is 16.1 Å². The SMILES string of the molecule is CCNC(=O)CNC(=O)CSc1nnc(C[NH+]2CCCCC2)o1. The second-order valence-electron chi connectivity index (χ2n) is 5.47. The van der Waals surface area contributed by atoms with Gasteiger partial charge in [-0.25, -0.2) is 0 Å². The maximum atomic E-state index is 11.6. The average Bonchev–Trinajstić information content (AvgIpc) is 3.00. The number of piperidine rings is 1. The number of carbonyl (C=O) groups excluding carboxylic acids is 2. The molecule has 0 saturated carbocycles. The standard InChI is InChI=1S/C14H23N5O3S/c1-2-15-11(20)8-16-12(21)10-23-14-18-17-13(22-14)9-19-6-4-3-5-7-19/h2-10H2,1H3,(H,15,20)(H,16,21)/p+1. The molecule has 8 nitrogen and oxygen atoms in total. The highest BCUT2D eigenvalue weighted by molar-refractivity contribution is 7.99. The van der Waals surface area contributed by atoms with Gasteiger partial charge < -0.3 is 20.0 Å². The van der Waals surface area contributed by atoms with E-state index in [4.69, 9.17) is 4.42 Å². The predicted octanol–water partition coefficient (Wildman–Crippen LogP) is -1.02. The summed E-state index contributed by atoms with van der Waals surface area (Å²) in [7, 11) is 0. The van der Waals surface area contributed by atoms with E-state index in [0.29, 0.717) is 17.7 Å². The summed E-state index contributed by atoms with van der Waals surface area (Å²) in [4.78, 5) is 24.3. The van der Waals surface area contributed by atoms with E-state index in [1.807, 2.05) is 6.92 Å². The number of likely N-dealkylation sites (tertiary alicyclic amines) is 1. The minimum atomic E-state index is -0.234. The maximum absolute atomic E-state index is 11.6. The molecule has 0 aromatic carbocycles. The van der Waals surface area contributed by atoms with Crippen LogP contribution in [0.4, 0.5) is 0 Å². The van der Waals surface area contributed by atoms with E-state index < -0.39 is 0 Å². The Bertz CT molecular complexity index is 516. The fraction of sp³-hybridized carbons (Fsp3) is 0.714. The van der Waals surface area contributed by atoms with Crippen LogP contribution >= 0.6 is 11.8 Å². The van der Waals surface area contributed by atoms with Crippen LogP contribution in [0.3, 0.4) is 0 Å². The van der Waals surface area contributed by atoms with Crippen molar-refractivity contribution in [3.05, 3.63) is 5.89 Å². The second-order valence-corrected chi connectivity index (χ2v) is 6.39. The third-order valence-electron chi connectivity index (χ3n) is 3.56. The van der Waals surface area contributed by atoms with Gasteiger partial charge in [-0.05, 0) is 26.2 Å². The highest BCUT2D eigenvalue weighted by Crippen LogP contribution is 2.15. The summed E-state index contributed by atoms with van der Waals surface area (Å²) in [6, 6.07) is 0. The van der Waals surface area contributed by atoms with Crippen molar-refractivity contribution in [2.45, 2.75) is 38.0 Å². The van der Waals surface area contributed by atoms with Crippen LogP contribution in [0.15, 0.2) is 9.64 Å². The van der Waals surface area contributed by atoms with Crippen LogP contribution in [0, 0.1) is 0 Å². The molecule has 1 aromatic rings. The van der Waals surface area contributed by atoms with Crippen LogP contribution in [0.1, 0.15) is 32.1 Å². The summed E-state index contributed by atoms with van der Waals surface area (Å²) in [6.45, 7) is 5.40. The summed E-state index contributed by atoms with van der Waals surface area (Å²) in [5.41, 5.74) is 0. The first kappa shape index (κ1) is 17.7. The molecule has 0 atom stereocenters. The number of likely N-dealkylation sites (N-methyl/N-ethyl adjacent to an activating group) is 1. The first-order chi connectivity index (χ1) is 11.2. The number of aromatic nitrogens is 2. The molecule has 23 heavy (non-hydrogen) atoms. The lowest BCUT2D eigenvalue weighted by Crippen LogP contribution is -3.11. The quantitative estimate of drug-likeness (QED) is 0.523. The minimum Gasteiger partial charge on any atom is -0.410 e. The molecule has 2 amide bonds. The van der Waals surface area contributed by atoms with Gasteiger partial charge in [-0.2, -0.15) is 0 Å². The molecule has 1 saturated heterocycles. The Morgan fingerprint density at radius 1 is 1.17 bits per heavy atom. The summed E-state index contributed by atoms with van der Waals surface area (Å²) < 4.78 is 5.56. The van der Waals surface area contributed by atoms with Crippen LogP contribution in [0.25, 0.3) is 0 Å². The van der Waals surface area contributed by atoms with Crippen molar-refractivity contribution in [1.29, 1.82) is 0 Å². The van der Waals surface area contributed by atoms with E-state index in [2.05, 4.69) is 20.8 Å². The number of hydrogen-bond acceptors (Lipinski definition) is 6. The van der Waals surface area contributed by atoms with Crippen LogP contribution in [-0.4, -0.2) is 53.9 Å². The van der Waals surface area contributed by atoms with Crippen molar-refractivity contribution in [1.82, 2.24) is 20.8 Å². The van der Waals surface area contributed by atoms with Gasteiger partial charge in [0.05, 0.1) is 25.4 Å². The molecule has 1 fully saturated rings. The Morgan fingerprint density at radius 3 is 2.70 bits per heavy atom. The van der Waals surface area contributed by atoms with E-state index in [1.165, 1.54) is 35.9 Å². The van der Waals surface area contributed by atoms with E-state index in [0.717, 1.165) is 19.6 Å². The lowest BCUT2D eigenvalue weighted by atomic mass is 10.1. The monoisotopic (exact) mass is 342 g/mol. The van der Waals surface area contributed by atoms with Gasteiger partial charge >= 0.3 is 0 Å². The lowest BCUT2D eigenvalue weighted by molar-refractivity contribution is -0.919. The first-order valence-corrected chi connectivity index (χ1v) is 8.98. The van der Waals surface area contributed by atoms with Gasteiger partial charge in [0.15, 0.2) is 6.54 Å². The Labute approximate surface area is 139 Å². The van der Waals surface area contributed by atoms with Crippen molar-refractivity contribution >= 4 is 23.6 Å². The van der Waals surface area contributed by atoms with E-state index in [9.17, 15) is 9.59 Å². The number of nitrogens with one attached hydrogen (secondary N) is 3. The molecule has 1 aromatic heterocycles. The summed E-state index contributed by atoms with van der Waals surface area (Å²) in [6.07, 6.45) is 3.80. The van der Waals surface area contributed by atoms with Gasteiger partial charge in [0, 0.05) is 6.54 Å². The molecule has 0 unspecified atom stereocenters. The van der Waals surface area contributed by atoms with Gasteiger partial charge in [-0.15, -0.1) is 10.2 Å². The van der Waals surface area contributed by atoms with Crippen molar-refractivity contribution in [3.8, 4) is 0 Å². The normalized spacial score (nSPS) is 15.3. The number of nitrogens with zero attached hydrogens (tertiary/aromatic N) is 2. The van der Waals surface area contributed by atoms with Gasteiger partial charge in [-0.1, -0.05) is 11.8 Å². The highest BCUT2D eigenvalue weighted by Gasteiger charge is 2.18. The molecule has 1 aliphatic heterocycles. The number of quaternary nitrogens is 1. The topological polar surface area (TPSA) is 102 Å². The van der Waals surface area contributed by atoms with Crippen LogP contribution in [0.5, 0.6) is 0 Å². The number of rotatable bonds is 8. The zero-order valence-corrected chi connectivity index (χ0v) is 14.2. The lowest BCUT2D eigenvalue weighted by Gasteiger charge is -2.21. The second kappa shape index (κ2) is 9.51. The van der Waals surface area contributed by atoms with E-state index in [1.54, 1.807) is 0 Å². The van der Waals surface area contributed by atoms with Crippen LogP contribution in [0.2, 0.25) is 0 Å². The number of hydrogen-bond donors (Lipinski definition) is 3. The molecular weight excluding hydrogens is 318 g/mol. The predicted molar refractivity (Wildman–Crippen MR) is 85.0 cm³/mol. The molecular formula is C14H24N5O3S+. The third-order valence-corrected chi connectivity index (χ3v) is 4.38. The van der Waals surface area contributed by atoms with Gasteiger partial charge in [0.25, 0.3) is 11.1 Å². The molecule has 0 spiro atoms. The molecule has 2 rings (SSSR count). The van der Waals surface area contributed by atoms with Crippen molar-refractivity contribution in [2.24, 2.45) is 0 Å². The molecule has 0 radical (unpaired) electrons. The largest absolute Gasteiger partial charge is 0.410 e. The Hall–Kier alpha value is -1.61.